The zero-order valence-electron chi connectivity index (χ0n) is 13.6. The van der Waals surface area contributed by atoms with E-state index in [1.54, 1.807) is 0 Å². The fourth-order valence-corrected chi connectivity index (χ4v) is 3.91. The lowest BCUT2D eigenvalue weighted by Crippen LogP contribution is -2.44. The Kier molecular flexibility index (Phi) is 5.59. The summed E-state index contributed by atoms with van der Waals surface area (Å²) in [5, 5.41) is 0.456. The molecule has 1 aromatic rings. The predicted octanol–water partition coefficient (Wildman–Crippen LogP) is 6.35. The zero-order chi connectivity index (χ0) is 17.4. The van der Waals surface area contributed by atoms with Crippen molar-refractivity contribution in [3.63, 3.8) is 0 Å². The molecular weight excluding hydrogens is 346 g/mol. The highest BCUT2D eigenvalue weighted by Crippen LogP contribution is 2.43. The summed E-state index contributed by atoms with van der Waals surface area (Å²) in [7, 11) is 0. The van der Waals surface area contributed by atoms with Gasteiger partial charge in [0.25, 0.3) is 0 Å². The van der Waals surface area contributed by atoms with Gasteiger partial charge in [0.15, 0.2) is 0 Å². The number of alkyl halides is 3. The largest absolute Gasteiger partial charge is 0.408 e. The molecule has 1 aliphatic rings. The number of nitrogens with zero attached hydrogens (tertiary/aromatic N) is 1. The van der Waals surface area contributed by atoms with Crippen LogP contribution in [0.25, 0.3) is 0 Å². The molecule has 0 aliphatic carbocycles. The lowest BCUT2D eigenvalue weighted by Gasteiger charge is -2.42. The summed E-state index contributed by atoms with van der Waals surface area (Å²) in [5.74, 6) is 0.440. The van der Waals surface area contributed by atoms with Crippen molar-refractivity contribution in [3.8, 4) is 0 Å². The van der Waals surface area contributed by atoms with Crippen LogP contribution >= 0.6 is 23.2 Å². The SMILES string of the molecule is CC(C)(C)C1CCN([C@@H](c2cc(Cl)cc(Cl)c2)C(F)(F)F)CC1. The maximum atomic E-state index is 13.7. The van der Waals surface area contributed by atoms with Crippen LogP contribution in [-0.4, -0.2) is 24.2 Å². The minimum atomic E-state index is -4.36. The first kappa shape index (κ1) is 18.9. The minimum absolute atomic E-state index is 0.115. The number of rotatable bonds is 2. The molecule has 0 aromatic heterocycles. The quantitative estimate of drug-likeness (QED) is 0.588. The van der Waals surface area contributed by atoms with Gasteiger partial charge >= 0.3 is 6.18 Å². The van der Waals surface area contributed by atoms with Crippen molar-refractivity contribution < 1.29 is 13.2 Å². The maximum absolute atomic E-state index is 13.7. The Balaban J connectivity index is 2.24. The van der Waals surface area contributed by atoms with Crippen molar-refractivity contribution in [2.45, 2.75) is 45.8 Å². The van der Waals surface area contributed by atoms with Crippen LogP contribution in [0.2, 0.25) is 10.0 Å². The highest BCUT2D eigenvalue weighted by molar-refractivity contribution is 6.34. The molecule has 23 heavy (non-hydrogen) atoms. The van der Waals surface area contributed by atoms with E-state index in [4.69, 9.17) is 23.2 Å². The average Bonchev–Trinajstić information content (AvgIpc) is 2.35. The summed E-state index contributed by atoms with van der Waals surface area (Å²) in [5.41, 5.74) is 0.239. The van der Waals surface area contributed by atoms with Gasteiger partial charge in [0.2, 0.25) is 0 Å². The molecule has 2 rings (SSSR count). The Hall–Kier alpha value is -0.450. The molecule has 1 heterocycles. The molecule has 1 aliphatic heterocycles. The van der Waals surface area contributed by atoms with Gasteiger partial charge < -0.3 is 0 Å². The van der Waals surface area contributed by atoms with Gasteiger partial charge in [0.05, 0.1) is 0 Å². The molecule has 0 amide bonds. The third-order valence-electron chi connectivity index (χ3n) is 4.63. The zero-order valence-corrected chi connectivity index (χ0v) is 15.1. The van der Waals surface area contributed by atoms with Gasteiger partial charge in [-0.2, -0.15) is 13.2 Å². The molecule has 0 saturated carbocycles. The highest BCUT2D eigenvalue weighted by atomic mass is 35.5. The molecule has 1 fully saturated rings. The van der Waals surface area contributed by atoms with Crippen LogP contribution in [0.1, 0.15) is 45.2 Å². The standard InChI is InChI=1S/C17H22Cl2F3N/c1-16(2,3)12-4-6-23(7-5-12)15(17(20,21)22)11-8-13(18)10-14(19)9-11/h8-10,12,15H,4-7H2,1-3H3/t15-/m0/s1. The summed E-state index contributed by atoms with van der Waals surface area (Å²) in [6, 6.07) is 2.52. The lowest BCUT2D eigenvalue weighted by molar-refractivity contribution is -0.190. The summed E-state index contributed by atoms with van der Waals surface area (Å²) < 4.78 is 41.0. The number of likely N-dealkylation sites (tertiary alicyclic amines) is 1. The molecule has 1 saturated heterocycles. The van der Waals surface area contributed by atoms with E-state index >= 15 is 0 Å². The molecule has 0 N–H and O–H groups in total. The summed E-state index contributed by atoms with van der Waals surface area (Å²) >= 11 is 11.8. The van der Waals surface area contributed by atoms with Gasteiger partial charge in [-0.25, -0.2) is 0 Å². The molecule has 6 heteroatoms. The van der Waals surface area contributed by atoms with Crippen molar-refractivity contribution >= 4 is 23.2 Å². The molecular formula is C17H22Cl2F3N. The van der Waals surface area contributed by atoms with Crippen LogP contribution in [0.4, 0.5) is 13.2 Å². The van der Waals surface area contributed by atoms with Gasteiger partial charge in [0.1, 0.15) is 6.04 Å². The number of piperidine rings is 1. The van der Waals surface area contributed by atoms with Crippen molar-refractivity contribution in [3.05, 3.63) is 33.8 Å². The maximum Gasteiger partial charge on any atom is 0.408 e. The van der Waals surface area contributed by atoms with Crippen molar-refractivity contribution in [2.75, 3.05) is 13.1 Å². The van der Waals surface area contributed by atoms with Crippen LogP contribution in [0.15, 0.2) is 18.2 Å². The van der Waals surface area contributed by atoms with E-state index in [9.17, 15) is 13.2 Å². The molecule has 0 unspecified atom stereocenters. The third kappa shape index (κ3) is 4.77. The fraction of sp³-hybridized carbons (Fsp3) is 0.647. The van der Waals surface area contributed by atoms with E-state index in [-0.39, 0.29) is 21.0 Å². The second kappa shape index (κ2) is 6.81. The Labute approximate surface area is 145 Å². The topological polar surface area (TPSA) is 3.24 Å². The monoisotopic (exact) mass is 367 g/mol. The summed E-state index contributed by atoms with van der Waals surface area (Å²) in [6.45, 7) is 7.29. The normalized spacial score (nSPS) is 19.8. The van der Waals surface area contributed by atoms with Crippen LogP contribution in [0.5, 0.6) is 0 Å². The van der Waals surface area contributed by atoms with Crippen LogP contribution < -0.4 is 0 Å². The Morgan fingerprint density at radius 1 is 1.00 bits per heavy atom. The predicted molar refractivity (Wildman–Crippen MR) is 89.0 cm³/mol. The molecule has 0 bridgehead atoms. The second-order valence-electron chi connectivity index (χ2n) is 7.32. The van der Waals surface area contributed by atoms with Gasteiger partial charge in [-0.1, -0.05) is 44.0 Å². The fourth-order valence-electron chi connectivity index (χ4n) is 3.36. The van der Waals surface area contributed by atoms with Crippen molar-refractivity contribution in [2.24, 2.45) is 11.3 Å². The lowest BCUT2D eigenvalue weighted by atomic mass is 9.75. The van der Waals surface area contributed by atoms with Crippen molar-refractivity contribution in [1.82, 2.24) is 4.90 Å². The van der Waals surface area contributed by atoms with E-state index in [1.165, 1.54) is 23.1 Å². The third-order valence-corrected chi connectivity index (χ3v) is 5.07. The molecule has 0 radical (unpaired) electrons. The molecule has 1 nitrogen and oxygen atoms in total. The first-order valence-electron chi connectivity index (χ1n) is 7.75. The average molecular weight is 368 g/mol. The first-order valence-corrected chi connectivity index (χ1v) is 8.51. The molecule has 130 valence electrons. The smallest absolute Gasteiger partial charge is 0.289 e. The summed E-state index contributed by atoms with van der Waals surface area (Å²) in [6.07, 6.45) is -2.82. The van der Waals surface area contributed by atoms with Gasteiger partial charge in [0, 0.05) is 10.0 Å². The Bertz CT molecular complexity index is 523. The number of hydrogen-bond acceptors (Lipinski definition) is 1. The minimum Gasteiger partial charge on any atom is -0.289 e. The van der Waals surface area contributed by atoms with E-state index in [2.05, 4.69) is 20.8 Å². The second-order valence-corrected chi connectivity index (χ2v) is 8.20. The first-order chi connectivity index (χ1) is 10.5. The Morgan fingerprint density at radius 3 is 1.87 bits per heavy atom. The van der Waals surface area contributed by atoms with Crippen LogP contribution in [-0.2, 0) is 0 Å². The van der Waals surface area contributed by atoms with Gasteiger partial charge in [-0.05, 0) is 61.0 Å². The molecule has 0 spiro atoms. The van der Waals surface area contributed by atoms with E-state index < -0.39 is 12.2 Å². The van der Waals surface area contributed by atoms with Crippen molar-refractivity contribution in [1.29, 1.82) is 0 Å². The van der Waals surface area contributed by atoms with Crippen LogP contribution in [0.3, 0.4) is 0 Å². The van der Waals surface area contributed by atoms with Gasteiger partial charge in [-0.15, -0.1) is 0 Å². The van der Waals surface area contributed by atoms with Gasteiger partial charge in [-0.3, -0.25) is 4.90 Å². The molecule has 1 aromatic carbocycles. The van der Waals surface area contributed by atoms with E-state index in [0.717, 1.165) is 12.8 Å². The Morgan fingerprint density at radius 2 is 1.48 bits per heavy atom. The molecule has 1 atom stereocenters. The van der Waals surface area contributed by atoms with Crippen LogP contribution in [0, 0.1) is 11.3 Å². The van der Waals surface area contributed by atoms with E-state index in [1.807, 2.05) is 0 Å². The number of hydrogen-bond donors (Lipinski definition) is 0. The highest BCUT2D eigenvalue weighted by Gasteiger charge is 2.46. The number of halogens is 5. The van der Waals surface area contributed by atoms with E-state index in [0.29, 0.717) is 19.0 Å². The summed E-state index contributed by atoms with van der Waals surface area (Å²) in [4.78, 5) is 1.50. The number of benzene rings is 1.